The van der Waals surface area contributed by atoms with Gasteiger partial charge in [0.25, 0.3) is 15.8 Å². The molecule has 0 bridgehead atoms. The van der Waals surface area contributed by atoms with Crippen molar-refractivity contribution >= 4 is 10.0 Å². The molecule has 1 aromatic heterocycles. The monoisotopic (exact) mass is 186 g/mol. The third kappa shape index (κ3) is 1.43. The molecule has 0 atom stereocenters. The van der Waals surface area contributed by atoms with E-state index in [1.165, 1.54) is 6.92 Å². The van der Waals surface area contributed by atoms with Crippen LogP contribution in [0.25, 0.3) is 0 Å². The van der Waals surface area contributed by atoms with E-state index in [9.17, 15) is 8.42 Å². The van der Waals surface area contributed by atoms with E-state index in [0.29, 0.717) is 0 Å². The number of aryl methyl sites for hydroxylation is 1. The van der Waals surface area contributed by atoms with Crippen LogP contribution >= 0.6 is 0 Å². The Balaban J connectivity index is 3.39. The molecule has 0 aliphatic rings. The Morgan fingerprint density at radius 1 is 1.58 bits per heavy atom. The molecule has 0 saturated carbocycles. The lowest BCUT2D eigenvalue weighted by Crippen LogP contribution is -2.13. The molecule has 0 aliphatic carbocycles. The van der Waals surface area contributed by atoms with Crippen molar-refractivity contribution in [1.29, 1.82) is 5.26 Å². The van der Waals surface area contributed by atoms with Crippen LogP contribution in [-0.2, 0) is 10.0 Å². The molecule has 0 saturated heterocycles. The standard InChI is InChI=1S/C5H6N4O2S/c1-4-7-5(3-6)8-9(4)12(2,10)11/h1-2H3. The molecule has 0 fully saturated rings. The van der Waals surface area contributed by atoms with Gasteiger partial charge in [-0.05, 0) is 6.92 Å². The second-order valence-corrected chi connectivity index (χ2v) is 4.01. The molecule has 1 rings (SSSR count). The predicted octanol–water partition coefficient (Wildman–Crippen LogP) is -0.734. The molecular weight excluding hydrogens is 180 g/mol. The Hall–Kier alpha value is -1.42. The van der Waals surface area contributed by atoms with Crippen molar-refractivity contribution in [1.82, 2.24) is 14.2 Å². The van der Waals surface area contributed by atoms with Gasteiger partial charge in [-0.15, -0.1) is 9.19 Å². The van der Waals surface area contributed by atoms with Gasteiger partial charge in [0.1, 0.15) is 11.9 Å². The Labute approximate surface area is 69.5 Å². The Bertz CT molecular complexity index is 439. The van der Waals surface area contributed by atoms with Crippen molar-refractivity contribution in [2.24, 2.45) is 0 Å². The lowest BCUT2D eigenvalue weighted by Gasteiger charge is -1.95. The first kappa shape index (κ1) is 8.67. The van der Waals surface area contributed by atoms with Crippen LogP contribution in [0.2, 0.25) is 0 Å². The van der Waals surface area contributed by atoms with E-state index in [-0.39, 0.29) is 11.6 Å². The van der Waals surface area contributed by atoms with E-state index in [1.54, 1.807) is 6.07 Å². The van der Waals surface area contributed by atoms with Crippen LogP contribution in [0.5, 0.6) is 0 Å². The molecule has 6 nitrogen and oxygen atoms in total. The van der Waals surface area contributed by atoms with Crippen LogP contribution in [0.4, 0.5) is 0 Å². The van der Waals surface area contributed by atoms with Gasteiger partial charge in [0, 0.05) is 0 Å². The minimum Gasteiger partial charge on any atom is -0.205 e. The third-order valence-corrected chi connectivity index (χ3v) is 2.12. The number of hydrogen-bond donors (Lipinski definition) is 0. The molecule has 7 heteroatoms. The second kappa shape index (κ2) is 2.57. The molecule has 0 spiro atoms. The molecule has 0 radical (unpaired) electrons. The summed E-state index contributed by atoms with van der Waals surface area (Å²) in [6, 6.07) is 1.65. The average Bonchev–Trinajstić information content (AvgIpc) is 2.29. The SMILES string of the molecule is Cc1nc(C#N)nn1S(C)(=O)=O. The fraction of sp³-hybridized carbons (Fsp3) is 0.400. The van der Waals surface area contributed by atoms with E-state index in [0.717, 1.165) is 10.3 Å². The van der Waals surface area contributed by atoms with Crippen molar-refractivity contribution in [3.63, 3.8) is 0 Å². The maximum absolute atomic E-state index is 10.9. The lowest BCUT2D eigenvalue weighted by atomic mass is 10.7. The second-order valence-electron chi connectivity index (χ2n) is 2.20. The molecule has 1 heterocycles. The minimum absolute atomic E-state index is 0.141. The molecule has 0 aliphatic heterocycles. The van der Waals surface area contributed by atoms with E-state index < -0.39 is 10.0 Å². The van der Waals surface area contributed by atoms with Gasteiger partial charge in [0.2, 0.25) is 0 Å². The van der Waals surface area contributed by atoms with E-state index >= 15 is 0 Å². The minimum atomic E-state index is -3.43. The van der Waals surface area contributed by atoms with E-state index in [1.807, 2.05) is 0 Å². The topological polar surface area (TPSA) is 88.6 Å². The largest absolute Gasteiger partial charge is 0.253 e. The van der Waals surface area contributed by atoms with Crippen LogP contribution < -0.4 is 0 Å². The molecule has 0 unspecified atom stereocenters. The molecule has 0 N–H and O–H groups in total. The summed E-state index contributed by atoms with van der Waals surface area (Å²) >= 11 is 0. The van der Waals surface area contributed by atoms with Gasteiger partial charge in [-0.25, -0.2) is 13.4 Å². The zero-order valence-corrected chi connectivity index (χ0v) is 7.33. The van der Waals surface area contributed by atoms with Crippen molar-refractivity contribution in [2.45, 2.75) is 6.92 Å². The van der Waals surface area contributed by atoms with Gasteiger partial charge in [-0.2, -0.15) is 5.26 Å². The van der Waals surface area contributed by atoms with Crippen LogP contribution in [0.3, 0.4) is 0 Å². The van der Waals surface area contributed by atoms with Crippen LogP contribution in [0, 0.1) is 18.3 Å². The molecule has 0 amide bonds. The summed E-state index contributed by atoms with van der Waals surface area (Å²) in [6.45, 7) is 1.47. The quantitative estimate of drug-likeness (QED) is 0.576. The summed E-state index contributed by atoms with van der Waals surface area (Å²) < 4.78 is 22.6. The zero-order valence-electron chi connectivity index (χ0n) is 6.51. The summed E-state index contributed by atoms with van der Waals surface area (Å²) in [5.41, 5.74) is 0. The first-order chi connectivity index (χ1) is 5.45. The number of nitrogens with zero attached hydrogens (tertiary/aromatic N) is 4. The fourth-order valence-corrected chi connectivity index (χ4v) is 1.48. The molecule has 0 aromatic carbocycles. The Morgan fingerprint density at radius 2 is 2.17 bits per heavy atom. The zero-order chi connectivity index (χ0) is 9.35. The van der Waals surface area contributed by atoms with Crippen molar-refractivity contribution < 1.29 is 8.42 Å². The smallest absolute Gasteiger partial charge is 0.205 e. The maximum Gasteiger partial charge on any atom is 0.253 e. The van der Waals surface area contributed by atoms with Crippen molar-refractivity contribution in [3.8, 4) is 6.07 Å². The molecule has 64 valence electrons. The van der Waals surface area contributed by atoms with Gasteiger partial charge < -0.3 is 0 Å². The van der Waals surface area contributed by atoms with Crippen LogP contribution in [0.1, 0.15) is 11.6 Å². The number of hydrogen-bond acceptors (Lipinski definition) is 5. The van der Waals surface area contributed by atoms with Gasteiger partial charge >= 0.3 is 0 Å². The highest BCUT2D eigenvalue weighted by Gasteiger charge is 2.12. The summed E-state index contributed by atoms with van der Waals surface area (Å²) in [4.78, 5) is 3.61. The number of nitriles is 1. The van der Waals surface area contributed by atoms with Gasteiger partial charge in [-0.3, -0.25) is 0 Å². The first-order valence-corrected chi connectivity index (χ1v) is 4.84. The first-order valence-electron chi connectivity index (χ1n) is 2.99. The number of aromatic nitrogens is 3. The normalized spacial score (nSPS) is 11.1. The van der Waals surface area contributed by atoms with Crippen molar-refractivity contribution in [2.75, 3.05) is 6.26 Å². The molecular formula is C5H6N4O2S. The van der Waals surface area contributed by atoms with Crippen LogP contribution in [-0.4, -0.2) is 28.8 Å². The average molecular weight is 186 g/mol. The third-order valence-electron chi connectivity index (χ3n) is 1.14. The number of rotatable bonds is 1. The van der Waals surface area contributed by atoms with Crippen molar-refractivity contribution in [3.05, 3.63) is 11.6 Å². The predicted molar refractivity (Wildman–Crippen MR) is 39.7 cm³/mol. The highest BCUT2D eigenvalue weighted by molar-refractivity contribution is 7.89. The van der Waals surface area contributed by atoms with Gasteiger partial charge in [0.05, 0.1) is 6.26 Å². The van der Waals surface area contributed by atoms with E-state index in [4.69, 9.17) is 5.26 Å². The van der Waals surface area contributed by atoms with Crippen LogP contribution in [0.15, 0.2) is 0 Å². The summed E-state index contributed by atoms with van der Waals surface area (Å²) in [5.74, 6) is 0.0481. The summed E-state index contributed by atoms with van der Waals surface area (Å²) in [6.07, 6.45) is 0.996. The highest BCUT2D eigenvalue weighted by atomic mass is 32.2. The lowest BCUT2D eigenvalue weighted by molar-refractivity contribution is 0.584. The summed E-state index contributed by atoms with van der Waals surface area (Å²) in [5, 5.41) is 11.8. The Morgan fingerprint density at radius 3 is 2.42 bits per heavy atom. The molecule has 1 aromatic rings. The summed E-state index contributed by atoms with van der Waals surface area (Å²) in [7, 11) is -3.43. The fourth-order valence-electron chi connectivity index (χ4n) is 0.738. The highest BCUT2D eigenvalue weighted by Crippen LogP contribution is 1.98. The van der Waals surface area contributed by atoms with Gasteiger partial charge in [0.15, 0.2) is 0 Å². The molecule has 12 heavy (non-hydrogen) atoms. The van der Waals surface area contributed by atoms with Gasteiger partial charge in [-0.1, -0.05) is 0 Å². The maximum atomic E-state index is 10.9. The Kier molecular flexibility index (Phi) is 1.85. The van der Waals surface area contributed by atoms with E-state index in [2.05, 4.69) is 10.1 Å².